The van der Waals surface area contributed by atoms with Crippen LogP contribution >= 0.6 is 0 Å². The van der Waals surface area contributed by atoms with Crippen molar-refractivity contribution in [2.24, 2.45) is 0 Å². The number of aliphatic hydroxyl groups is 1. The van der Waals surface area contributed by atoms with Crippen molar-refractivity contribution in [1.82, 2.24) is 20.3 Å². The van der Waals surface area contributed by atoms with Gasteiger partial charge in [0.25, 0.3) is 5.91 Å². The SMILES string of the molecule is Cc1nc(C(=O)NC[C@@]2(O)CCN(c3ncccn3)C2)co1. The molecular weight excluding hydrogens is 286 g/mol. The predicted octanol–water partition coefficient (Wildman–Crippen LogP) is 0.144. The minimum Gasteiger partial charge on any atom is -0.448 e. The highest BCUT2D eigenvalue weighted by Crippen LogP contribution is 2.23. The summed E-state index contributed by atoms with van der Waals surface area (Å²) >= 11 is 0. The Bertz CT molecular complexity index is 660. The van der Waals surface area contributed by atoms with Crippen LogP contribution in [0.15, 0.2) is 29.1 Å². The van der Waals surface area contributed by atoms with E-state index in [1.165, 1.54) is 6.26 Å². The molecule has 1 fully saturated rings. The Kier molecular flexibility index (Phi) is 3.76. The van der Waals surface area contributed by atoms with Crippen molar-refractivity contribution in [2.75, 3.05) is 24.5 Å². The average molecular weight is 303 g/mol. The fraction of sp³-hybridized carbons (Fsp3) is 0.429. The van der Waals surface area contributed by atoms with Crippen LogP contribution in [0.25, 0.3) is 0 Å². The van der Waals surface area contributed by atoms with Gasteiger partial charge in [0.15, 0.2) is 11.6 Å². The van der Waals surface area contributed by atoms with Gasteiger partial charge >= 0.3 is 0 Å². The molecule has 1 amide bonds. The quantitative estimate of drug-likeness (QED) is 0.828. The van der Waals surface area contributed by atoms with Crippen LogP contribution in [0.5, 0.6) is 0 Å². The number of carbonyl (C=O) groups excluding carboxylic acids is 1. The van der Waals surface area contributed by atoms with E-state index in [9.17, 15) is 9.90 Å². The molecule has 1 saturated heterocycles. The van der Waals surface area contributed by atoms with Crippen LogP contribution in [0.3, 0.4) is 0 Å². The first kappa shape index (κ1) is 14.5. The molecule has 0 spiro atoms. The molecule has 1 atom stereocenters. The van der Waals surface area contributed by atoms with Gasteiger partial charge in [0, 0.05) is 32.4 Å². The molecule has 0 unspecified atom stereocenters. The normalized spacial score (nSPS) is 21.1. The molecule has 1 aliphatic heterocycles. The minimum absolute atomic E-state index is 0.140. The standard InChI is InChI=1S/C14H17N5O3/c1-10-18-11(7-22-10)12(20)17-8-14(21)3-6-19(9-14)13-15-4-2-5-16-13/h2,4-5,7,21H,3,6,8-9H2,1H3,(H,17,20)/t14-/m0/s1. The molecule has 8 nitrogen and oxygen atoms in total. The molecule has 0 aromatic carbocycles. The Morgan fingerprint density at radius 1 is 1.50 bits per heavy atom. The number of rotatable bonds is 4. The molecule has 116 valence electrons. The zero-order valence-electron chi connectivity index (χ0n) is 12.2. The van der Waals surface area contributed by atoms with E-state index in [1.807, 2.05) is 4.90 Å². The third-order valence-electron chi connectivity index (χ3n) is 3.60. The summed E-state index contributed by atoms with van der Waals surface area (Å²) in [6.07, 6.45) is 5.15. The van der Waals surface area contributed by atoms with Crippen molar-refractivity contribution in [1.29, 1.82) is 0 Å². The van der Waals surface area contributed by atoms with Gasteiger partial charge in [-0.3, -0.25) is 4.79 Å². The van der Waals surface area contributed by atoms with Gasteiger partial charge in [-0.2, -0.15) is 0 Å². The Balaban J connectivity index is 1.58. The molecule has 3 rings (SSSR count). The maximum atomic E-state index is 11.9. The fourth-order valence-electron chi connectivity index (χ4n) is 2.43. The molecule has 2 N–H and O–H groups in total. The largest absolute Gasteiger partial charge is 0.448 e. The molecular formula is C14H17N5O3. The van der Waals surface area contributed by atoms with Crippen molar-refractivity contribution in [2.45, 2.75) is 18.9 Å². The highest BCUT2D eigenvalue weighted by atomic mass is 16.3. The van der Waals surface area contributed by atoms with E-state index in [4.69, 9.17) is 4.42 Å². The molecule has 0 aliphatic carbocycles. The summed E-state index contributed by atoms with van der Waals surface area (Å²) in [6, 6.07) is 1.74. The number of nitrogens with zero attached hydrogens (tertiary/aromatic N) is 4. The first-order valence-corrected chi connectivity index (χ1v) is 7.00. The predicted molar refractivity (Wildman–Crippen MR) is 77.4 cm³/mol. The summed E-state index contributed by atoms with van der Waals surface area (Å²) in [4.78, 5) is 26.1. The lowest BCUT2D eigenvalue weighted by Gasteiger charge is -2.23. The number of carbonyl (C=O) groups is 1. The summed E-state index contributed by atoms with van der Waals surface area (Å²) in [5, 5.41) is 13.3. The molecule has 2 aromatic rings. The summed E-state index contributed by atoms with van der Waals surface area (Å²) in [6.45, 7) is 2.81. The van der Waals surface area contributed by atoms with Gasteiger partial charge in [-0.1, -0.05) is 0 Å². The molecule has 0 bridgehead atoms. The number of hydrogen-bond acceptors (Lipinski definition) is 7. The van der Waals surface area contributed by atoms with Crippen LogP contribution in [0.1, 0.15) is 22.8 Å². The summed E-state index contributed by atoms with van der Waals surface area (Å²) in [5.41, 5.74) is -0.796. The monoisotopic (exact) mass is 303 g/mol. The maximum Gasteiger partial charge on any atom is 0.273 e. The average Bonchev–Trinajstić information content (AvgIpc) is 3.13. The Labute approximate surface area is 127 Å². The Hall–Kier alpha value is -2.48. The third kappa shape index (κ3) is 3.06. The lowest BCUT2D eigenvalue weighted by atomic mass is 10.0. The lowest BCUT2D eigenvalue weighted by molar-refractivity contribution is 0.0573. The van der Waals surface area contributed by atoms with Crippen molar-refractivity contribution < 1.29 is 14.3 Å². The van der Waals surface area contributed by atoms with Crippen LogP contribution in [-0.2, 0) is 0 Å². The van der Waals surface area contributed by atoms with E-state index in [0.717, 1.165) is 0 Å². The van der Waals surface area contributed by atoms with Crippen molar-refractivity contribution >= 4 is 11.9 Å². The highest BCUT2D eigenvalue weighted by Gasteiger charge is 2.37. The number of oxazole rings is 1. The van der Waals surface area contributed by atoms with Gasteiger partial charge in [-0.05, 0) is 12.5 Å². The second kappa shape index (κ2) is 5.72. The van der Waals surface area contributed by atoms with Gasteiger partial charge in [0.05, 0.1) is 6.54 Å². The van der Waals surface area contributed by atoms with Crippen molar-refractivity contribution in [3.05, 3.63) is 36.3 Å². The smallest absolute Gasteiger partial charge is 0.273 e. The molecule has 3 heterocycles. The zero-order chi connectivity index (χ0) is 15.6. The number of aromatic nitrogens is 3. The van der Waals surface area contributed by atoms with Gasteiger partial charge in [0.2, 0.25) is 5.95 Å². The van der Waals surface area contributed by atoms with E-state index in [-0.39, 0.29) is 18.1 Å². The van der Waals surface area contributed by atoms with Crippen LogP contribution in [-0.4, -0.2) is 51.2 Å². The summed E-state index contributed by atoms with van der Waals surface area (Å²) < 4.78 is 5.00. The molecule has 0 saturated carbocycles. The van der Waals surface area contributed by atoms with E-state index in [2.05, 4.69) is 20.3 Å². The van der Waals surface area contributed by atoms with E-state index < -0.39 is 5.60 Å². The number of aryl methyl sites for hydroxylation is 1. The van der Waals surface area contributed by atoms with Gasteiger partial charge in [-0.25, -0.2) is 15.0 Å². The summed E-state index contributed by atoms with van der Waals surface area (Å²) in [5.74, 6) is 0.647. The zero-order valence-corrected chi connectivity index (χ0v) is 12.2. The Morgan fingerprint density at radius 2 is 2.27 bits per heavy atom. The number of hydrogen-bond donors (Lipinski definition) is 2. The molecule has 2 aromatic heterocycles. The van der Waals surface area contributed by atoms with Gasteiger partial charge < -0.3 is 19.7 Å². The second-order valence-electron chi connectivity index (χ2n) is 5.38. The first-order chi connectivity index (χ1) is 10.6. The molecule has 1 aliphatic rings. The number of β-amino-alcohol motifs (C(OH)–C–C–N with tert-alkyl or cyclic N) is 1. The number of nitrogens with one attached hydrogen (secondary N) is 1. The third-order valence-corrected chi connectivity index (χ3v) is 3.60. The lowest BCUT2D eigenvalue weighted by Crippen LogP contribution is -2.45. The minimum atomic E-state index is -1.01. The van der Waals surface area contributed by atoms with E-state index in [0.29, 0.717) is 31.3 Å². The van der Waals surface area contributed by atoms with Crippen molar-refractivity contribution in [3.63, 3.8) is 0 Å². The fourth-order valence-corrected chi connectivity index (χ4v) is 2.43. The number of anilines is 1. The Morgan fingerprint density at radius 3 is 2.95 bits per heavy atom. The second-order valence-corrected chi connectivity index (χ2v) is 5.38. The van der Waals surface area contributed by atoms with E-state index >= 15 is 0 Å². The maximum absolute atomic E-state index is 11.9. The topological polar surface area (TPSA) is 104 Å². The van der Waals surface area contributed by atoms with Crippen LogP contribution in [0.2, 0.25) is 0 Å². The molecule has 22 heavy (non-hydrogen) atoms. The number of amides is 1. The van der Waals surface area contributed by atoms with Crippen molar-refractivity contribution in [3.8, 4) is 0 Å². The van der Waals surface area contributed by atoms with Gasteiger partial charge in [0.1, 0.15) is 11.9 Å². The highest BCUT2D eigenvalue weighted by molar-refractivity contribution is 5.91. The van der Waals surface area contributed by atoms with Crippen LogP contribution in [0, 0.1) is 6.92 Å². The van der Waals surface area contributed by atoms with Crippen LogP contribution < -0.4 is 10.2 Å². The van der Waals surface area contributed by atoms with Crippen LogP contribution in [0.4, 0.5) is 5.95 Å². The first-order valence-electron chi connectivity index (χ1n) is 7.00. The van der Waals surface area contributed by atoms with Gasteiger partial charge in [-0.15, -0.1) is 0 Å². The molecule has 8 heteroatoms. The molecule has 0 radical (unpaired) electrons. The van der Waals surface area contributed by atoms with E-state index in [1.54, 1.807) is 25.4 Å². The summed E-state index contributed by atoms with van der Waals surface area (Å²) in [7, 11) is 0.